The van der Waals surface area contributed by atoms with E-state index < -0.39 is 0 Å². The number of hydrogen-bond acceptors (Lipinski definition) is 4. The van der Waals surface area contributed by atoms with E-state index in [4.69, 9.17) is 27.9 Å². The van der Waals surface area contributed by atoms with Crippen LogP contribution in [0.1, 0.15) is 31.7 Å². The lowest BCUT2D eigenvalue weighted by molar-refractivity contribution is 0.174. The molecule has 170 valence electrons. The second kappa shape index (κ2) is 10.7. The third-order valence-electron chi connectivity index (χ3n) is 6.30. The van der Waals surface area contributed by atoms with Crippen molar-refractivity contribution in [3.05, 3.63) is 68.6 Å². The van der Waals surface area contributed by atoms with Crippen LogP contribution in [0.5, 0.6) is 5.75 Å². The number of pyridine rings is 2. The predicted molar refractivity (Wildman–Crippen MR) is 131 cm³/mol. The van der Waals surface area contributed by atoms with Crippen molar-refractivity contribution in [2.75, 3.05) is 26.2 Å². The molecule has 7 heteroatoms. The van der Waals surface area contributed by atoms with E-state index in [2.05, 4.69) is 16.0 Å². The van der Waals surface area contributed by atoms with Gasteiger partial charge in [0.25, 0.3) is 5.56 Å². The van der Waals surface area contributed by atoms with Crippen molar-refractivity contribution >= 4 is 34.2 Å². The Morgan fingerprint density at radius 3 is 2.62 bits per heavy atom. The van der Waals surface area contributed by atoms with Gasteiger partial charge in [-0.05, 0) is 75.4 Å². The maximum atomic E-state index is 12.6. The van der Waals surface area contributed by atoms with Crippen molar-refractivity contribution in [2.24, 2.45) is 5.92 Å². The van der Waals surface area contributed by atoms with E-state index in [1.54, 1.807) is 18.3 Å². The molecule has 0 unspecified atom stereocenters. The Morgan fingerprint density at radius 2 is 1.88 bits per heavy atom. The third kappa shape index (κ3) is 5.64. The zero-order valence-electron chi connectivity index (χ0n) is 18.4. The minimum atomic E-state index is 0.00413. The van der Waals surface area contributed by atoms with Crippen molar-refractivity contribution < 1.29 is 4.74 Å². The Balaban J connectivity index is 1.31. The van der Waals surface area contributed by atoms with E-state index >= 15 is 0 Å². The minimum absolute atomic E-state index is 0.00413. The molecule has 32 heavy (non-hydrogen) atoms. The van der Waals surface area contributed by atoms with E-state index in [1.165, 1.54) is 24.8 Å². The van der Waals surface area contributed by atoms with Gasteiger partial charge in [0.2, 0.25) is 0 Å². The van der Waals surface area contributed by atoms with Crippen LogP contribution < -0.4 is 10.3 Å². The highest BCUT2D eigenvalue weighted by Gasteiger charge is 2.19. The van der Waals surface area contributed by atoms with Gasteiger partial charge in [-0.3, -0.25) is 9.78 Å². The number of aromatic nitrogens is 2. The van der Waals surface area contributed by atoms with Gasteiger partial charge in [0.05, 0.1) is 33.9 Å². The molecule has 0 spiro atoms. The van der Waals surface area contributed by atoms with E-state index in [0.29, 0.717) is 28.9 Å². The minimum Gasteiger partial charge on any atom is -0.492 e. The van der Waals surface area contributed by atoms with Crippen molar-refractivity contribution in [3.63, 3.8) is 0 Å². The molecule has 0 aliphatic carbocycles. The second-order valence-electron chi connectivity index (χ2n) is 8.40. The predicted octanol–water partition coefficient (Wildman–Crippen LogP) is 5.45. The molecular formula is C25H29Cl2N3O2. The third-order valence-corrected chi connectivity index (χ3v) is 7.04. The number of halogens is 2. The lowest BCUT2D eigenvalue weighted by Gasteiger charge is -2.32. The first-order valence-corrected chi connectivity index (χ1v) is 12.1. The highest BCUT2D eigenvalue weighted by Crippen LogP contribution is 2.26. The Hall–Kier alpha value is -2.08. The molecular weight excluding hydrogens is 445 g/mol. The molecule has 1 aliphatic heterocycles. The number of benzene rings is 1. The van der Waals surface area contributed by atoms with Crippen molar-refractivity contribution in [1.29, 1.82) is 0 Å². The molecule has 0 N–H and O–H groups in total. The first-order chi connectivity index (χ1) is 15.5. The standard InChI is InChI=1S/C25H29Cl2N3O2/c1-2-32-20-16-24-23(28-17-20)7-8-25(31)30(24)14-13-29-11-9-18(10-12-29)3-4-19-5-6-21(26)22(27)15-19/h5-8,15-18H,2-4,9-14H2,1H3. The molecule has 0 bridgehead atoms. The molecule has 5 nitrogen and oxygen atoms in total. The summed E-state index contributed by atoms with van der Waals surface area (Å²) in [6, 6.07) is 11.2. The summed E-state index contributed by atoms with van der Waals surface area (Å²) in [4.78, 5) is 19.5. The molecule has 2 aromatic heterocycles. The van der Waals surface area contributed by atoms with E-state index in [1.807, 2.05) is 29.7 Å². The van der Waals surface area contributed by atoms with Crippen LogP contribution in [0.2, 0.25) is 10.0 Å². The van der Waals surface area contributed by atoms with Crippen LogP contribution in [-0.2, 0) is 13.0 Å². The summed E-state index contributed by atoms with van der Waals surface area (Å²) in [6.45, 7) is 6.15. The smallest absolute Gasteiger partial charge is 0.251 e. The molecule has 0 amide bonds. The Kier molecular flexibility index (Phi) is 7.71. The molecule has 1 aromatic carbocycles. The highest BCUT2D eigenvalue weighted by atomic mass is 35.5. The normalized spacial score (nSPS) is 15.3. The number of hydrogen-bond donors (Lipinski definition) is 0. The first-order valence-electron chi connectivity index (χ1n) is 11.3. The van der Waals surface area contributed by atoms with Crippen LogP contribution in [0.25, 0.3) is 11.0 Å². The molecule has 4 rings (SSSR count). The van der Waals surface area contributed by atoms with Gasteiger partial charge in [0, 0.05) is 25.2 Å². The second-order valence-corrected chi connectivity index (χ2v) is 9.22. The van der Waals surface area contributed by atoms with Crippen LogP contribution in [0, 0.1) is 5.92 Å². The highest BCUT2D eigenvalue weighted by molar-refractivity contribution is 6.42. The number of aryl methyl sites for hydroxylation is 1. The summed E-state index contributed by atoms with van der Waals surface area (Å²) in [5, 5.41) is 1.24. The summed E-state index contributed by atoms with van der Waals surface area (Å²) >= 11 is 12.2. The SMILES string of the molecule is CCOc1cnc2ccc(=O)n(CCN3CCC(CCc4ccc(Cl)c(Cl)c4)CC3)c2c1. The maximum absolute atomic E-state index is 12.6. The maximum Gasteiger partial charge on any atom is 0.251 e. The summed E-state index contributed by atoms with van der Waals surface area (Å²) < 4.78 is 7.40. The summed E-state index contributed by atoms with van der Waals surface area (Å²) in [5.74, 6) is 1.42. The number of rotatable bonds is 8. The van der Waals surface area contributed by atoms with Gasteiger partial charge in [-0.1, -0.05) is 29.3 Å². The monoisotopic (exact) mass is 473 g/mol. The average Bonchev–Trinajstić information content (AvgIpc) is 2.80. The van der Waals surface area contributed by atoms with Gasteiger partial charge in [0.1, 0.15) is 5.75 Å². The van der Waals surface area contributed by atoms with E-state index in [0.717, 1.165) is 43.0 Å². The van der Waals surface area contributed by atoms with E-state index in [9.17, 15) is 4.79 Å². The Bertz CT molecular complexity index is 1120. The number of likely N-dealkylation sites (tertiary alicyclic amines) is 1. The lowest BCUT2D eigenvalue weighted by atomic mass is 9.90. The van der Waals surface area contributed by atoms with Gasteiger partial charge in [-0.25, -0.2) is 0 Å². The molecule has 1 saturated heterocycles. The van der Waals surface area contributed by atoms with Gasteiger partial charge in [-0.15, -0.1) is 0 Å². The molecule has 1 aliphatic rings. The van der Waals surface area contributed by atoms with Gasteiger partial charge in [0.15, 0.2) is 0 Å². The van der Waals surface area contributed by atoms with Crippen LogP contribution >= 0.6 is 23.2 Å². The van der Waals surface area contributed by atoms with Crippen LogP contribution in [0.15, 0.2) is 47.4 Å². The molecule has 0 atom stereocenters. The molecule has 1 fully saturated rings. The van der Waals surface area contributed by atoms with Crippen LogP contribution in [-0.4, -0.2) is 40.7 Å². The molecule has 3 heterocycles. The van der Waals surface area contributed by atoms with Gasteiger partial charge < -0.3 is 14.2 Å². The number of ether oxygens (including phenoxy) is 1. The largest absolute Gasteiger partial charge is 0.492 e. The quantitative estimate of drug-likeness (QED) is 0.436. The fourth-order valence-electron chi connectivity index (χ4n) is 4.43. The summed E-state index contributed by atoms with van der Waals surface area (Å²) in [5.41, 5.74) is 2.90. The molecule has 0 radical (unpaired) electrons. The van der Waals surface area contributed by atoms with Crippen molar-refractivity contribution in [1.82, 2.24) is 14.5 Å². The topological polar surface area (TPSA) is 47.4 Å². The van der Waals surface area contributed by atoms with Gasteiger partial charge in [-0.2, -0.15) is 0 Å². The summed E-state index contributed by atoms with van der Waals surface area (Å²) in [7, 11) is 0. The van der Waals surface area contributed by atoms with Crippen LogP contribution in [0.4, 0.5) is 0 Å². The van der Waals surface area contributed by atoms with Gasteiger partial charge >= 0.3 is 0 Å². The number of piperidine rings is 1. The molecule has 3 aromatic rings. The lowest BCUT2D eigenvalue weighted by Crippen LogP contribution is -2.37. The first kappa shape index (κ1) is 23.1. The zero-order valence-corrected chi connectivity index (χ0v) is 19.9. The van der Waals surface area contributed by atoms with Crippen LogP contribution in [0.3, 0.4) is 0 Å². The van der Waals surface area contributed by atoms with E-state index in [-0.39, 0.29) is 5.56 Å². The number of fused-ring (bicyclic) bond motifs is 1. The van der Waals surface area contributed by atoms with Crippen molar-refractivity contribution in [2.45, 2.75) is 39.2 Å². The fraction of sp³-hybridized carbons (Fsp3) is 0.440. The molecule has 0 saturated carbocycles. The average molecular weight is 474 g/mol. The van der Waals surface area contributed by atoms with Crippen molar-refractivity contribution in [3.8, 4) is 5.75 Å². The number of nitrogens with zero attached hydrogens (tertiary/aromatic N) is 3. The Labute approximate surface area is 198 Å². The fourth-order valence-corrected chi connectivity index (χ4v) is 4.75. The summed E-state index contributed by atoms with van der Waals surface area (Å²) in [6.07, 6.45) is 6.27. The zero-order chi connectivity index (χ0) is 22.5. The Morgan fingerprint density at radius 1 is 1.06 bits per heavy atom.